The molecule has 128 valence electrons. The summed E-state index contributed by atoms with van der Waals surface area (Å²) >= 11 is 0. The summed E-state index contributed by atoms with van der Waals surface area (Å²) < 4.78 is 0. The van der Waals surface area contributed by atoms with Crippen molar-refractivity contribution in [2.45, 2.75) is 103 Å². The fourth-order valence-electron chi connectivity index (χ4n) is 5.03. The summed E-state index contributed by atoms with van der Waals surface area (Å²) in [6.45, 7) is 9.93. The largest absolute Gasteiger partial charge is 0.310 e. The Morgan fingerprint density at radius 1 is 0.864 bits per heavy atom. The molecule has 2 heteroatoms. The molecule has 0 radical (unpaired) electrons. The summed E-state index contributed by atoms with van der Waals surface area (Å²) in [7, 11) is 0. The molecule has 2 unspecified atom stereocenters. The number of nitrogens with one attached hydrogen (secondary N) is 1. The third-order valence-corrected chi connectivity index (χ3v) is 6.13. The lowest BCUT2D eigenvalue weighted by Gasteiger charge is -2.47. The lowest BCUT2D eigenvalue weighted by atomic mass is 9.78. The molecule has 3 aliphatic rings. The Kier molecular flexibility index (Phi) is 5.50. The Bertz CT molecular complexity index is 334. The van der Waals surface area contributed by atoms with Crippen molar-refractivity contribution in [2.75, 3.05) is 13.1 Å². The van der Waals surface area contributed by atoms with Gasteiger partial charge >= 0.3 is 0 Å². The normalized spacial score (nSPS) is 32.9. The van der Waals surface area contributed by atoms with Gasteiger partial charge in [0.25, 0.3) is 0 Å². The summed E-state index contributed by atoms with van der Waals surface area (Å²) in [5, 5.41) is 4.06. The Morgan fingerprint density at radius 2 is 1.59 bits per heavy atom. The van der Waals surface area contributed by atoms with Crippen LogP contribution in [-0.4, -0.2) is 36.1 Å². The molecule has 0 aromatic carbocycles. The van der Waals surface area contributed by atoms with Crippen molar-refractivity contribution in [3.8, 4) is 0 Å². The van der Waals surface area contributed by atoms with Crippen molar-refractivity contribution in [3.63, 3.8) is 0 Å². The number of nitrogens with zero attached hydrogens (tertiary/aromatic N) is 1. The smallest absolute Gasteiger partial charge is 0.0200 e. The minimum Gasteiger partial charge on any atom is -0.310 e. The Balaban J connectivity index is 1.57. The lowest BCUT2D eigenvalue weighted by molar-refractivity contribution is 0.0423. The zero-order chi connectivity index (χ0) is 15.6. The van der Waals surface area contributed by atoms with Gasteiger partial charge in [0.05, 0.1) is 0 Å². The van der Waals surface area contributed by atoms with Crippen LogP contribution in [0, 0.1) is 11.3 Å². The third-order valence-electron chi connectivity index (χ3n) is 6.13. The SMILES string of the molecule is CC(C)(C)CC1CC(NC2CCCCC2)CN(C2CCC2)C1. The lowest BCUT2D eigenvalue weighted by Crippen LogP contribution is -2.56. The van der Waals surface area contributed by atoms with Gasteiger partial charge in [0, 0.05) is 31.2 Å². The fraction of sp³-hybridized carbons (Fsp3) is 1.00. The molecule has 0 bridgehead atoms. The second kappa shape index (κ2) is 7.21. The summed E-state index contributed by atoms with van der Waals surface area (Å²) in [6, 6.07) is 2.48. The number of hydrogen-bond acceptors (Lipinski definition) is 2. The van der Waals surface area contributed by atoms with Crippen LogP contribution in [-0.2, 0) is 0 Å². The maximum absolute atomic E-state index is 4.06. The zero-order valence-electron chi connectivity index (χ0n) is 15.2. The highest BCUT2D eigenvalue weighted by Crippen LogP contribution is 2.34. The third kappa shape index (κ3) is 4.71. The molecule has 1 N–H and O–H groups in total. The van der Waals surface area contributed by atoms with E-state index in [2.05, 4.69) is 31.0 Å². The van der Waals surface area contributed by atoms with Gasteiger partial charge in [-0.1, -0.05) is 46.5 Å². The maximum atomic E-state index is 4.06. The number of hydrogen-bond donors (Lipinski definition) is 1. The first-order chi connectivity index (χ1) is 10.5. The second-order valence-electron chi connectivity index (χ2n) is 9.60. The number of likely N-dealkylation sites (tertiary alicyclic amines) is 1. The first-order valence-electron chi connectivity index (χ1n) is 10.00. The van der Waals surface area contributed by atoms with E-state index in [1.54, 1.807) is 0 Å². The molecular weight excluding hydrogens is 268 g/mol. The predicted molar refractivity (Wildman–Crippen MR) is 95.2 cm³/mol. The monoisotopic (exact) mass is 306 g/mol. The van der Waals surface area contributed by atoms with Crippen LogP contribution in [0.15, 0.2) is 0 Å². The van der Waals surface area contributed by atoms with Crippen molar-refractivity contribution in [1.82, 2.24) is 10.2 Å². The standard InChI is InChI=1S/C20H38N2/c1-20(2,3)13-16-12-18(21-17-8-5-4-6-9-17)15-22(14-16)19-10-7-11-19/h16-19,21H,4-15H2,1-3H3. The van der Waals surface area contributed by atoms with Gasteiger partial charge in [0.15, 0.2) is 0 Å². The van der Waals surface area contributed by atoms with Gasteiger partial charge in [0.2, 0.25) is 0 Å². The molecule has 22 heavy (non-hydrogen) atoms. The van der Waals surface area contributed by atoms with E-state index in [9.17, 15) is 0 Å². The molecule has 1 aliphatic heterocycles. The van der Waals surface area contributed by atoms with Crippen molar-refractivity contribution < 1.29 is 0 Å². The van der Waals surface area contributed by atoms with E-state index in [-0.39, 0.29) is 0 Å². The zero-order valence-corrected chi connectivity index (χ0v) is 15.2. The molecule has 2 nitrogen and oxygen atoms in total. The summed E-state index contributed by atoms with van der Waals surface area (Å²) in [4.78, 5) is 2.85. The minimum absolute atomic E-state index is 0.475. The van der Waals surface area contributed by atoms with Crippen LogP contribution in [0.4, 0.5) is 0 Å². The molecule has 1 heterocycles. The van der Waals surface area contributed by atoms with Crippen LogP contribution in [0.3, 0.4) is 0 Å². The number of rotatable bonds is 4. The highest BCUT2D eigenvalue weighted by molar-refractivity contribution is 4.92. The highest BCUT2D eigenvalue weighted by atomic mass is 15.2. The fourth-order valence-corrected chi connectivity index (χ4v) is 5.03. The van der Waals surface area contributed by atoms with E-state index in [0.29, 0.717) is 5.41 Å². The first kappa shape index (κ1) is 16.8. The Morgan fingerprint density at radius 3 is 2.18 bits per heavy atom. The van der Waals surface area contributed by atoms with Crippen LogP contribution in [0.1, 0.15) is 85.0 Å². The quantitative estimate of drug-likeness (QED) is 0.817. The molecule has 2 saturated carbocycles. The van der Waals surface area contributed by atoms with Gasteiger partial charge in [-0.3, -0.25) is 4.90 Å². The van der Waals surface area contributed by atoms with E-state index in [1.807, 2.05) is 0 Å². The molecule has 0 spiro atoms. The van der Waals surface area contributed by atoms with E-state index in [0.717, 1.165) is 24.0 Å². The van der Waals surface area contributed by atoms with Gasteiger partial charge in [-0.15, -0.1) is 0 Å². The summed E-state index contributed by atoms with van der Waals surface area (Å²) in [6.07, 6.45) is 14.4. The summed E-state index contributed by atoms with van der Waals surface area (Å²) in [5.74, 6) is 0.899. The van der Waals surface area contributed by atoms with Crippen LogP contribution < -0.4 is 5.32 Å². The topological polar surface area (TPSA) is 15.3 Å². The average molecular weight is 307 g/mol. The molecule has 3 rings (SSSR count). The van der Waals surface area contributed by atoms with Gasteiger partial charge in [-0.2, -0.15) is 0 Å². The van der Waals surface area contributed by atoms with Crippen molar-refractivity contribution in [3.05, 3.63) is 0 Å². The number of piperidine rings is 1. The molecule has 1 saturated heterocycles. The molecule has 0 aromatic rings. The molecule has 2 aliphatic carbocycles. The van der Waals surface area contributed by atoms with Crippen molar-refractivity contribution in [2.24, 2.45) is 11.3 Å². The molecule has 0 amide bonds. The van der Waals surface area contributed by atoms with E-state index < -0.39 is 0 Å². The van der Waals surface area contributed by atoms with Crippen LogP contribution in [0.2, 0.25) is 0 Å². The summed E-state index contributed by atoms with van der Waals surface area (Å²) in [5.41, 5.74) is 0.475. The molecule has 0 aromatic heterocycles. The van der Waals surface area contributed by atoms with Gasteiger partial charge in [0.1, 0.15) is 0 Å². The van der Waals surface area contributed by atoms with E-state index in [1.165, 1.54) is 77.3 Å². The Hall–Kier alpha value is -0.0800. The minimum atomic E-state index is 0.475. The Labute approximate surface area is 138 Å². The van der Waals surface area contributed by atoms with Gasteiger partial charge in [-0.05, 0) is 49.9 Å². The van der Waals surface area contributed by atoms with Gasteiger partial charge in [-0.25, -0.2) is 0 Å². The second-order valence-corrected chi connectivity index (χ2v) is 9.60. The first-order valence-corrected chi connectivity index (χ1v) is 10.00. The van der Waals surface area contributed by atoms with Crippen LogP contribution in [0.25, 0.3) is 0 Å². The predicted octanol–water partition coefficient (Wildman–Crippen LogP) is 4.59. The van der Waals surface area contributed by atoms with Crippen molar-refractivity contribution in [1.29, 1.82) is 0 Å². The highest BCUT2D eigenvalue weighted by Gasteiger charge is 2.35. The maximum Gasteiger partial charge on any atom is 0.0200 e. The van der Waals surface area contributed by atoms with Gasteiger partial charge < -0.3 is 5.32 Å². The average Bonchev–Trinajstić information content (AvgIpc) is 2.35. The van der Waals surface area contributed by atoms with Crippen molar-refractivity contribution >= 4 is 0 Å². The molecule has 3 fully saturated rings. The van der Waals surface area contributed by atoms with E-state index in [4.69, 9.17) is 0 Å². The van der Waals surface area contributed by atoms with Crippen LogP contribution >= 0.6 is 0 Å². The molecular formula is C20H38N2. The van der Waals surface area contributed by atoms with E-state index >= 15 is 0 Å². The van der Waals surface area contributed by atoms with Crippen LogP contribution in [0.5, 0.6) is 0 Å². The molecule has 2 atom stereocenters.